The van der Waals surface area contributed by atoms with Crippen LogP contribution in [0.15, 0.2) is 30.3 Å². The van der Waals surface area contributed by atoms with E-state index in [4.69, 9.17) is 10.8 Å². The number of rotatable bonds is 3. The Kier molecular flexibility index (Phi) is 4.19. The maximum Gasteiger partial charge on any atom is 0.312 e. The van der Waals surface area contributed by atoms with E-state index >= 15 is 0 Å². The first kappa shape index (κ1) is 13.1. The van der Waals surface area contributed by atoms with Crippen LogP contribution in [0.1, 0.15) is 12.5 Å². The topological polar surface area (TPSA) is 104 Å². The van der Waals surface area contributed by atoms with E-state index in [0.29, 0.717) is 0 Å². The number of aliphatic hydroxyl groups is 1. The minimum absolute atomic E-state index is 0.236. The van der Waals surface area contributed by atoms with Crippen LogP contribution in [-0.4, -0.2) is 22.8 Å². The Hall–Kier alpha value is -1.92. The molecule has 92 valence electrons. The molecule has 1 unspecified atom stereocenters. The number of hydrogen-bond acceptors (Lipinski definition) is 4. The third kappa shape index (κ3) is 5.10. The quantitative estimate of drug-likeness (QED) is 0.401. The zero-order valence-corrected chi connectivity index (χ0v) is 9.43. The van der Waals surface area contributed by atoms with Crippen LogP contribution < -0.4 is 16.4 Å². The highest BCUT2D eigenvalue weighted by Crippen LogP contribution is 1.97. The van der Waals surface area contributed by atoms with Crippen molar-refractivity contribution in [2.24, 2.45) is 5.73 Å². The molecule has 0 heterocycles. The van der Waals surface area contributed by atoms with Gasteiger partial charge in [-0.2, -0.15) is 0 Å². The van der Waals surface area contributed by atoms with Gasteiger partial charge < -0.3 is 15.7 Å². The van der Waals surface area contributed by atoms with Crippen molar-refractivity contribution >= 4 is 11.8 Å². The second-order valence-corrected chi connectivity index (χ2v) is 3.77. The number of carbonyl (C=O) groups is 2. The van der Waals surface area contributed by atoms with Crippen LogP contribution in [0.4, 0.5) is 0 Å². The van der Waals surface area contributed by atoms with Gasteiger partial charge in [0.2, 0.25) is 0 Å². The van der Waals surface area contributed by atoms with Crippen molar-refractivity contribution in [3.63, 3.8) is 0 Å². The molecule has 1 atom stereocenters. The summed E-state index contributed by atoms with van der Waals surface area (Å²) in [6.45, 7) is 1.40. The van der Waals surface area contributed by atoms with Gasteiger partial charge in [-0.15, -0.1) is 0 Å². The highest BCUT2D eigenvalue weighted by Gasteiger charge is 2.21. The zero-order chi connectivity index (χ0) is 12.9. The maximum absolute atomic E-state index is 11.3. The normalized spacial score (nSPS) is 13.6. The summed E-state index contributed by atoms with van der Waals surface area (Å²) in [5.74, 6) is -3.73. The highest BCUT2D eigenvalue weighted by molar-refractivity contribution is 6.35. The molecule has 6 heteroatoms. The number of hydrogen-bond donors (Lipinski definition) is 4. The zero-order valence-electron chi connectivity index (χ0n) is 9.43. The number of nitrogens with two attached hydrogens (primary N) is 1. The average Bonchev–Trinajstić information content (AvgIpc) is 2.25. The predicted octanol–water partition coefficient (Wildman–Crippen LogP) is -0.956. The molecule has 0 aromatic heterocycles. The molecule has 1 aromatic carbocycles. The molecule has 5 N–H and O–H groups in total. The number of amides is 2. The van der Waals surface area contributed by atoms with E-state index in [1.807, 2.05) is 35.6 Å². The van der Waals surface area contributed by atoms with Crippen molar-refractivity contribution in [2.75, 3.05) is 0 Å². The Morgan fingerprint density at radius 3 is 2.41 bits per heavy atom. The molecule has 0 saturated heterocycles. The molecule has 1 aromatic rings. The van der Waals surface area contributed by atoms with Crippen molar-refractivity contribution in [1.29, 1.82) is 0 Å². The van der Waals surface area contributed by atoms with Crippen LogP contribution in [0.5, 0.6) is 0 Å². The Bertz CT molecular complexity index is 398. The molecule has 17 heavy (non-hydrogen) atoms. The van der Waals surface area contributed by atoms with Crippen molar-refractivity contribution in [2.45, 2.75) is 19.3 Å². The lowest BCUT2D eigenvalue weighted by molar-refractivity contribution is -0.143. The lowest BCUT2D eigenvalue weighted by Gasteiger charge is -2.18. The number of nitrogens with one attached hydrogen (secondary N) is 2. The minimum Gasteiger partial charge on any atom is -0.359 e. The molecule has 0 spiro atoms. The van der Waals surface area contributed by atoms with E-state index in [1.165, 1.54) is 0 Å². The summed E-state index contributed by atoms with van der Waals surface area (Å²) in [5.41, 5.74) is 5.99. The summed E-state index contributed by atoms with van der Waals surface area (Å²) < 4.78 is 0. The Labute approximate surface area is 98.8 Å². The van der Waals surface area contributed by atoms with Crippen LogP contribution in [0, 0.1) is 0 Å². The van der Waals surface area contributed by atoms with Crippen molar-refractivity contribution in [3.8, 4) is 0 Å². The van der Waals surface area contributed by atoms with E-state index in [9.17, 15) is 9.59 Å². The van der Waals surface area contributed by atoms with Gasteiger partial charge in [0.15, 0.2) is 5.85 Å². The molecule has 6 nitrogen and oxygen atoms in total. The molecule has 1 rings (SSSR count). The van der Waals surface area contributed by atoms with Gasteiger partial charge in [0, 0.05) is 6.54 Å². The molecule has 0 aliphatic heterocycles. The molecule has 0 bridgehead atoms. The van der Waals surface area contributed by atoms with Crippen LogP contribution in [0.2, 0.25) is 0 Å². The van der Waals surface area contributed by atoms with Gasteiger partial charge in [0.05, 0.1) is 0 Å². The van der Waals surface area contributed by atoms with E-state index in [-0.39, 0.29) is 6.54 Å². The smallest absolute Gasteiger partial charge is 0.312 e. The summed E-state index contributed by atoms with van der Waals surface area (Å²) in [4.78, 5) is 22.5. The minimum atomic E-state index is -1.90. The molecule has 0 saturated carbocycles. The summed E-state index contributed by atoms with van der Waals surface area (Å²) in [6.07, 6.45) is 0. The number of carbonyl (C=O) groups excluding carboxylic acids is 2. The van der Waals surface area contributed by atoms with Crippen molar-refractivity contribution < 1.29 is 14.7 Å². The molecule has 0 radical (unpaired) electrons. The second kappa shape index (κ2) is 5.42. The van der Waals surface area contributed by atoms with Crippen LogP contribution in [-0.2, 0) is 16.1 Å². The summed E-state index contributed by atoms with van der Waals surface area (Å²) >= 11 is 0. The highest BCUT2D eigenvalue weighted by atomic mass is 16.3. The van der Waals surface area contributed by atoms with E-state index in [2.05, 4.69) is 5.32 Å². The fourth-order valence-corrected chi connectivity index (χ4v) is 1.15. The van der Waals surface area contributed by atoms with Gasteiger partial charge >= 0.3 is 11.8 Å². The third-order valence-electron chi connectivity index (χ3n) is 1.87. The van der Waals surface area contributed by atoms with Crippen molar-refractivity contribution in [1.82, 2.24) is 10.6 Å². The number of benzene rings is 1. The van der Waals surface area contributed by atoms with E-state index < -0.39 is 17.7 Å². The van der Waals surface area contributed by atoms with Crippen molar-refractivity contribution in [3.05, 3.63) is 35.9 Å². The fraction of sp³-hybridized carbons (Fsp3) is 0.273. The molecule has 0 aliphatic rings. The lowest BCUT2D eigenvalue weighted by atomic mass is 10.2. The first-order chi connectivity index (χ1) is 7.88. The second-order valence-electron chi connectivity index (χ2n) is 3.77. The van der Waals surface area contributed by atoms with E-state index in [1.54, 1.807) is 0 Å². The van der Waals surface area contributed by atoms with Crippen LogP contribution in [0.3, 0.4) is 0 Å². The van der Waals surface area contributed by atoms with E-state index in [0.717, 1.165) is 12.5 Å². The largest absolute Gasteiger partial charge is 0.359 e. The van der Waals surface area contributed by atoms with Crippen LogP contribution in [0.25, 0.3) is 0 Å². The first-order valence-electron chi connectivity index (χ1n) is 5.04. The summed E-state index contributed by atoms with van der Waals surface area (Å²) in [7, 11) is 0. The summed E-state index contributed by atoms with van der Waals surface area (Å²) in [5, 5.41) is 13.4. The summed E-state index contributed by atoms with van der Waals surface area (Å²) in [6, 6.07) is 9.14. The van der Waals surface area contributed by atoms with Gasteiger partial charge in [-0.3, -0.25) is 15.3 Å². The van der Waals surface area contributed by atoms with Gasteiger partial charge in [0.25, 0.3) is 0 Å². The molecular formula is C11H15N3O3. The monoisotopic (exact) mass is 237 g/mol. The lowest BCUT2D eigenvalue weighted by Crippen LogP contribution is -2.56. The Balaban J connectivity index is 2.43. The van der Waals surface area contributed by atoms with Gasteiger partial charge in [-0.05, 0) is 12.5 Å². The molecule has 2 amide bonds. The molecular weight excluding hydrogens is 222 g/mol. The maximum atomic E-state index is 11.3. The first-order valence-corrected chi connectivity index (χ1v) is 5.04. The molecule has 0 fully saturated rings. The van der Waals surface area contributed by atoms with Crippen LogP contribution >= 0.6 is 0 Å². The van der Waals surface area contributed by atoms with Gasteiger partial charge in [-0.25, -0.2) is 0 Å². The van der Waals surface area contributed by atoms with Gasteiger partial charge in [-0.1, -0.05) is 30.3 Å². The third-order valence-corrected chi connectivity index (χ3v) is 1.87. The SMILES string of the molecule is CC(N)(O)NC(=O)C(=O)NCc1ccccc1. The fourth-order valence-electron chi connectivity index (χ4n) is 1.15. The molecule has 0 aliphatic carbocycles. The Morgan fingerprint density at radius 1 is 1.29 bits per heavy atom. The standard InChI is InChI=1S/C11H15N3O3/c1-11(12,17)14-10(16)9(15)13-7-8-5-3-2-4-6-8/h2-6,17H,7,12H2,1H3,(H,13,15)(H,14,16). The Morgan fingerprint density at radius 2 is 1.88 bits per heavy atom. The van der Waals surface area contributed by atoms with Gasteiger partial charge in [0.1, 0.15) is 0 Å². The predicted molar refractivity (Wildman–Crippen MR) is 61.2 cm³/mol. The average molecular weight is 237 g/mol.